The summed E-state index contributed by atoms with van der Waals surface area (Å²) in [5, 5.41) is 4.27. The second-order valence-electron chi connectivity index (χ2n) is 5.58. The van der Waals surface area contributed by atoms with Crippen molar-refractivity contribution in [3.05, 3.63) is 34.9 Å². The molecule has 1 atom stereocenters. The van der Waals surface area contributed by atoms with Crippen molar-refractivity contribution in [1.29, 1.82) is 0 Å². The molecule has 0 bridgehead atoms. The minimum Gasteiger partial charge on any atom is -0.314 e. The fraction of sp³-hybridized carbons (Fsp3) is 0.600. The highest BCUT2D eigenvalue weighted by atomic mass is 35.5. The Bertz CT molecular complexity index is 397. The summed E-state index contributed by atoms with van der Waals surface area (Å²) in [5.41, 5.74) is 1.63. The maximum atomic E-state index is 6.07. The molecule has 1 aromatic rings. The minimum atomic E-state index is 0.310. The standard InChI is InChI=1S/C15H23ClN2/c1-12(13-5-4-6-14(16)11-13)18-9-7-15(2,17-3)8-10-18/h4-6,11-12,17H,7-10H2,1-3H3. The van der Waals surface area contributed by atoms with Crippen LogP contribution >= 0.6 is 11.6 Å². The molecule has 1 N–H and O–H groups in total. The predicted molar refractivity (Wildman–Crippen MR) is 78.1 cm³/mol. The number of likely N-dealkylation sites (tertiary alicyclic amines) is 1. The van der Waals surface area contributed by atoms with Crippen molar-refractivity contribution in [2.75, 3.05) is 20.1 Å². The van der Waals surface area contributed by atoms with Gasteiger partial charge in [0.15, 0.2) is 0 Å². The van der Waals surface area contributed by atoms with Gasteiger partial charge in [-0.1, -0.05) is 23.7 Å². The van der Waals surface area contributed by atoms with Gasteiger partial charge in [0, 0.05) is 29.7 Å². The molecule has 0 aromatic heterocycles. The molecule has 0 radical (unpaired) electrons. The molecule has 0 aliphatic carbocycles. The van der Waals surface area contributed by atoms with Gasteiger partial charge in [-0.25, -0.2) is 0 Å². The number of halogens is 1. The molecular weight excluding hydrogens is 244 g/mol. The van der Waals surface area contributed by atoms with E-state index in [-0.39, 0.29) is 0 Å². The summed E-state index contributed by atoms with van der Waals surface area (Å²) in [4.78, 5) is 2.55. The van der Waals surface area contributed by atoms with Gasteiger partial charge in [0.25, 0.3) is 0 Å². The summed E-state index contributed by atoms with van der Waals surface area (Å²) in [6.45, 7) is 6.87. The van der Waals surface area contributed by atoms with E-state index in [1.165, 1.54) is 18.4 Å². The van der Waals surface area contributed by atoms with Gasteiger partial charge < -0.3 is 5.32 Å². The van der Waals surface area contributed by atoms with Gasteiger partial charge in [0.05, 0.1) is 0 Å². The van der Waals surface area contributed by atoms with Gasteiger partial charge in [-0.3, -0.25) is 4.90 Å². The Balaban J connectivity index is 2.01. The molecule has 1 unspecified atom stereocenters. The summed E-state index contributed by atoms with van der Waals surface area (Å²) >= 11 is 6.07. The number of rotatable bonds is 3. The van der Waals surface area contributed by atoms with Crippen molar-refractivity contribution < 1.29 is 0 Å². The normalized spacial score (nSPS) is 21.8. The van der Waals surface area contributed by atoms with Crippen LogP contribution in [0, 0.1) is 0 Å². The van der Waals surface area contributed by atoms with Crippen molar-refractivity contribution in [2.24, 2.45) is 0 Å². The van der Waals surface area contributed by atoms with Crippen LogP contribution in [-0.4, -0.2) is 30.6 Å². The molecule has 1 aliphatic heterocycles. The number of piperidine rings is 1. The quantitative estimate of drug-likeness (QED) is 0.901. The van der Waals surface area contributed by atoms with Gasteiger partial charge in [0.2, 0.25) is 0 Å². The van der Waals surface area contributed by atoms with E-state index in [4.69, 9.17) is 11.6 Å². The van der Waals surface area contributed by atoms with Crippen LogP contribution in [-0.2, 0) is 0 Å². The van der Waals surface area contributed by atoms with Gasteiger partial charge >= 0.3 is 0 Å². The Morgan fingerprint density at radius 3 is 2.56 bits per heavy atom. The Kier molecular flexibility index (Phi) is 4.31. The van der Waals surface area contributed by atoms with Crippen LogP contribution < -0.4 is 5.32 Å². The van der Waals surface area contributed by atoms with Crippen LogP contribution in [0.2, 0.25) is 5.02 Å². The third-order valence-corrected chi connectivity index (χ3v) is 4.62. The summed E-state index contributed by atoms with van der Waals surface area (Å²) < 4.78 is 0. The van der Waals surface area contributed by atoms with Crippen LogP contribution in [0.25, 0.3) is 0 Å². The topological polar surface area (TPSA) is 15.3 Å². The summed E-state index contributed by atoms with van der Waals surface area (Å²) in [6, 6.07) is 8.67. The Hall–Kier alpha value is -0.570. The molecule has 1 aliphatic rings. The molecule has 0 spiro atoms. The lowest BCUT2D eigenvalue weighted by Crippen LogP contribution is -2.50. The lowest BCUT2D eigenvalue weighted by atomic mass is 9.88. The first-order valence-electron chi connectivity index (χ1n) is 6.72. The van der Waals surface area contributed by atoms with E-state index < -0.39 is 0 Å². The molecule has 0 saturated carbocycles. The molecule has 1 fully saturated rings. The average Bonchev–Trinajstić information content (AvgIpc) is 2.39. The molecule has 2 rings (SSSR count). The van der Waals surface area contributed by atoms with Crippen molar-refractivity contribution in [3.63, 3.8) is 0 Å². The Labute approximate surface area is 115 Å². The number of hydrogen-bond donors (Lipinski definition) is 1. The number of nitrogens with one attached hydrogen (secondary N) is 1. The molecule has 2 nitrogen and oxygen atoms in total. The second kappa shape index (κ2) is 5.60. The predicted octanol–water partition coefficient (Wildman–Crippen LogP) is 3.47. The number of hydrogen-bond acceptors (Lipinski definition) is 2. The summed E-state index contributed by atoms with van der Waals surface area (Å²) in [6.07, 6.45) is 2.41. The van der Waals surface area contributed by atoms with Gasteiger partial charge in [-0.15, -0.1) is 0 Å². The monoisotopic (exact) mass is 266 g/mol. The molecule has 3 heteroatoms. The van der Waals surface area contributed by atoms with E-state index in [0.717, 1.165) is 18.1 Å². The van der Waals surface area contributed by atoms with Crippen LogP contribution in [0.1, 0.15) is 38.3 Å². The largest absolute Gasteiger partial charge is 0.314 e. The molecule has 18 heavy (non-hydrogen) atoms. The van der Waals surface area contributed by atoms with E-state index in [1.807, 2.05) is 12.1 Å². The zero-order chi connectivity index (χ0) is 13.2. The highest BCUT2D eigenvalue weighted by molar-refractivity contribution is 6.30. The van der Waals surface area contributed by atoms with Crippen molar-refractivity contribution in [1.82, 2.24) is 10.2 Å². The molecule has 1 aromatic carbocycles. The molecule has 1 heterocycles. The smallest absolute Gasteiger partial charge is 0.0409 e. The van der Waals surface area contributed by atoms with E-state index in [1.54, 1.807) is 0 Å². The van der Waals surface area contributed by atoms with Gasteiger partial charge in [0.1, 0.15) is 0 Å². The maximum absolute atomic E-state index is 6.07. The second-order valence-corrected chi connectivity index (χ2v) is 6.01. The minimum absolute atomic E-state index is 0.310. The van der Waals surface area contributed by atoms with Crippen LogP contribution in [0.3, 0.4) is 0 Å². The van der Waals surface area contributed by atoms with Crippen LogP contribution in [0.15, 0.2) is 24.3 Å². The van der Waals surface area contributed by atoms with Crippen molar-refractivity contribution in [3.8, 4) is 0 Å². The van der Waals surface area contributed by atoms with Crippen LogP contribution in [0.4, 0.5) is 0 Å². The average molecular weight is 267 g/mol. The van der Waals surface area contributed by atoms with E-state index >= 15 is 0 Å². The zero-order valence-corrected chi connectivity index (χ0v) is 12.3. The highest BCUT2D eigenvalue weighted by Gasteiger charge is 2.30. The highest BCUT2D eigenvalue weighted by Crippen LogP contribution is 2.29. The SMILES string of the molecule is CNC1(C)CCN(C(C)c2cccc(Cl)c2)CC1. The number of benzene rings is 1. The third-order valence-electron chi connectivity index (χ3n) is 4.38. The first kappa shape index (κ1) is 13.9. The van der Waals surface area contributed by atoms with Crippen molar-refractivity contribution >= 4 is 11.6 Å². The lowest BCUT2D eigenvalue weighted by molar-refractivity contribution is 0.117. The van der Waals surface area contributed by atoms with E-state index in [9.17, 15) is 0 Å². The third kappa shape index (κ3) is 3.05. The molecule has 0 amide bonds. The fourth-order valence-corrected chi connectivity index (χ4v) is 2.83. The zero-order valence-electron chi connectivity index (χ0n) is 11.5. The summed E-state index contributed by atoms with van der Waals surface area (Å²) in [7, 11) is 2.07. The molecular formula is C15H23ClN2. The summed E-state index contributed by atoms with van der Waals surface area (Å²) in [5.74, 6) is 0. The van der Waals surface area contributed by atoms with Crippen LogP contribution in [0.5, 0.6) is 0 Å². The first-order chi connectivity index (χ1) is 8.54. The van der Waals surface area contributed by atoms with Gasteiger partial charge in [-0.05, 0) is 51.4 Å². The lowest BCUT2D eigenvalue weighted by Gasteiger charge is -2.42. The van der Waals surface area contributed by atoms with E-state index in [2.05, 4.69) is 43.2 Å². The van der Waals surface area contributed by atoms with Gasteiger partial charge in [-0.2, -0.15) is 0 Å². The number of nitrogens with zero attached hydrogens (tertiary/aromatic N) is 1. The molecule has 100 valence electrons. The van der Waals surface area contributed by atoms with E-state index in [0.29, 0.717) is 11.6 Å². The first-order valence-corrected chi connectivity index (χ1v) is 7.10. The van der Waals surface area contributed by atoms with Crippen molar-refractivity contribution in [2.45, 2.75) is 38.3 Å². The Morgan fingerprint density at radius 1 is 1.33 bits per heavy atom. The fourth-order valence-electron chi connectivity index (χ4n) is 2.63. The molecule has 1 saturated heterocycles. The Morgan fingerprint density at radius 2 is 2.00 bits per heavy atom. The maximum Gasteiger partial charge on any atom is 0.0409 e.